The van der Waals surface area contributed by atoms with Gasteiger partial charge in [-0.05, 0) is 19.8 Å². The fourth-order valence-corrected chi connectivity index (χ4v) is 3.14. The summed E-state index contributed by atoms with van der Waals surface area (Å²) in [5, 5.41) is 5.13. The van der Waals surface area contributed by atoms with Gasteiger partial charge >= 0.3 is 5.97 Å². The van der Waals surface area contributed by atoms with Crippen LogP contribution in [0.3, 0.4) is 0 Å². The molecule has 0 spiro atoms. The van der Waals surface area contributed by atoms with Crippen molar-refractivity contribution in [1.82, 2.24) is 10.3 Å². The van der Waals surface area contributed by atoms with Gasteiger partial charge < -0.3 is 15.8 Å². The quantitative estimate of drug-likeness (QED) is 0.761. The average molecular weight is 384 g/mol. The molecule has 0 aliphatic heterocycles. The monoisotopic (exact) mass is 383 g/mol. The lowest BCUT2D eigenvalue weighted by Gasteiger charge is -2.31. The highest BCUT2D eigenvalue weighted by Gasteiger charge is 2.35. The summed E-state index contributed by atoms with van der Waals surface area (Å²) in [6.07, 6.45) is 4.58. The Morgan fingerprint density at radius 2 is 2.00 bits per heavy atom. The minimum atomic E-state index is -0.751. The lowest BCUT2D eigenvalue weighted by molar-refractivity contribution is -0.127. The zero-order chi connectivity index (χ0) is 15.3. The summed E-state index contributed by atoms with van der Waals surface area (Å²) < 4.78 is 4.88. The van der Waals surface area contributed by atoms with Gasteiger partial charge in [0.25, 0.3) is 0 Å². The second-order valence-corrected chi connectivity index (χ2v) is 6.19. The first kappa shape index (κ1) is 22.1. The number of thiazole rings is 1. The van der Waals surface area contributed by atoms with Gasteiger partial charge in [0.1, 0.15) is 5.01 Å². The molecule has 1 aromatic heterocycles. The zero-order valence-corrected chi connectivity index (χ0v) is 15.5. The molecule has 0 saturated heterocycles. The molecule has 0 radical (unpaired) electrons. The highest BCUT2D eigenvalue weighted by molar-refractivity contribution is 7.09. The van der Waals surface area contributed by atoms with E-state index < -0.39 is 11.5 Å². The summed E-state index contributed by atoms with van der Waals surface area (Å²) in [5.74, 6) is -0.566. The van der Waals surface area contributed by atoms with Crippen LogP contribution in [0.2, 0.25) is 0 Å². The maximum atomic E-state index is 12.2. The molecule has 1 aliphatic rings. The van der Waals surface area contributed by atoms with E-state index in [1.165, 1.54) is 11.3 Å². The molecule has 0 unspecified atom stereocenters. The van der Waals surface area contributed by atoms with Crippen molar-refractivity contribution in [3.8, 4) is 0 Å². The largest absolute Gasteiger partial charge is 0.461 e. The number of nitrogens with zero attached hydrogens (tertiary/aromatic N) is 1. The summed E-state index contributed by atoms with van der Waals surface area (Å²) in [6.45, 7) is 2.36. The van der Waals surface area contributed by atoms with Crippen molar-refractivity contribution >= 4 is 48.0 Å². The first-order valence-corrected chi connectivity index (χ1v) is 8.12. The molecule has 9 heteroatoms. The lowest BCUT2D eigenvalue weighted by atomic mass is 9.82. The van der Waals surface area contributed by atoms with Crippen molar-refractivity contribution in [2.24, 2.45) is 5.73 Å². The van der Waals surface area contributed by atoms with E-state index in [9.17, 15) is 9.59 Å². The fraction of sp³-hybridized carbons (Fsp3) is 0.643. The molecule has 3 N–H and O–H groups in total. The van der Waals surface area contributed by atoms with Crippen LogP contribution in [0.15, 0.2) is 5.38 Å². The van der Waals surface area contributed by atoms with E-state index in [4.69, 9.17) is 10.5 Å². The molecule has 0 aromatic carbocycles. The summed E-state index contributed by atoms with van der Waals surface area (Å²) in [5.41, 5.74) is 5.69. The molecule has 132 valence electrons. The van der Waals surface area contributed by atoms with Crippen molar-refractivity contribution in [3.05, 3.63) is 16.1 Å². The Hall–Kier alpha value is -0.890. The molecule has 0 atom stereocenters. The minimum absolute atomic E-state index is 0. The normalized spacial score (nSPS) is 15.7. The number of halogens is 2. The highest BCUT2D eigenvalue weighted by Crippen LogP contribution is 2.26. The average Bonchev–Trinajstić information content (AvgIpc) is 2.95. The van der Waals surface area contributed by atoms with Crippen molar-refractivity contribution in [2.75, 3.05) is 6.61 Å². The molecular formula is C14H23Cl2N3O3S. The summed E-state index contributed by atoms with van der Waals surface area (Å²) >= 11 is 1.32. The second-order valence-electron chi connectivity index (χ2n) is 5.25. The first-order valence-electron chi connectivity index (χ1n) is 7.24. The summed E-state index contributed by atoms with van der Waals surface area (Å²) in [4.78, 5) is 27.9. The predicted octanol–water partition coefficient (Wildman–Crippen LogP) is 2.44. The number of ether oxygens (including phenoxy) is 1. The minimum Gasteiger partial charge on any atom is -0.461 e. The van der Waals surface area contributed by atoms with Gasteiger partial charge in [-0.1, -0.05) is 19.3 Å². The van der Waals surface area contributed by atoms with Crippen LogP contribution >= 0.6 is 36.2 Å². The van der Waals surface area contributed by atoms with Gasteiger partial charge in [-0.15, -0.1) is 36.2 Å². The van der Waals surface area contributed by atoms with Crippen LogP contribution in [0.1, 0.15) is 54.5 Å². The number of carbonyl (C=O) groups excluding carboxylic acids is 2. The van der Waals surface area contributed by atoms with E-state index in [2.05, 4.69) is 10.3 Å². The molecule has 0 bridgehead atoms. The Morgan fingerprint density at radius 1 is 1.35 bits per heavy atom. The van der Waals surface area contributed by atoms with Crippen molar-refractivity contribution < 1.29 is 14.3 Å². The van der Waals surface area contributed by atoms with E-state index in [0.717, 1.165) is 32.1 Å². The highest BCUT2D eigenvalue weighted by atomic mass is 35.5. The molecular weight excluding hydrogens is 361 g/mol. The van der Waals surface area contributed by atoms with Gasteiger partial charge in [0.15, 0.2) is 5.69 Å². The molecule has 1 aromatic rings. The van der Waals surface area contributed by atoms with E-state index in [1.54, 1.807) is 12.3 Å². The molecule has 1 heterocycles. The van der Waals surface area contributed by atoms with Crippen molar-refractivity contribution in [3.63, 3.8) is 0 Å². The molecule has 23 heavy (non-hydrogen) atoms. The van der Waals surface area contributed by atoms with Crippen LogP contribution in [0.5, 0.6) is 0 Å². The van der Waals surface area contributed by atoms with E-state index in [-0.39, 0.29) is 36.4 Å². The number of amides is 1. The van der Waals surface area contributed by atoms with Crippen LogP contribution in [0, 0.1) is 0 Å². The van der Waals surface area contributed by atoms with Gasteiger partial charge in [-0.2, -0.15) is 0 Å². The number of hydrogen-bond acceptors (Lipinski definition) is 6. The standard InChI is InChI=1S/C14H21N3O3S.2ClH/c1-2-20-12(18)10-9-21-11(17-10)8-16-13(19)14(15)6-4-3-5-7-14;;/h9H,2-8,15H2,1H3,(H,16,19);2*1H. The number of nitrogens with two attached hydrogens (primary N) is 1. The molecule has 1 saturated carbocycles. The number of carbonyl (C=O) groups is 2. The molecule has 6 nitrogen and oxygen atoms in total. The topological polar surface area (TPSA) is 94.3 Å². The van der Waals surface area contributed by atoms with Crippen molar-refractivity contribution in [1.29, 1.82) is 0 Å². The second kappa shape index (κ2) is 10.1. The third-order valence-corrected chi connectivity index (χ3v) is 4.48. The number of rotatable bonds is 5. The third kappa shape index (κ3) is 5.91. The van der Waals surface area contributed by atoms with Crippen LogP contribution in [-0.2, 0) is 16.1 Å². The van der Waals surface area contributed by atoms with Crippen molar-refractivity contribution in [2.45, 2.75) is 51.1 Å². The van der Waals surface area contributed by atoms with E-state index in [1.807, 2.05) is 0 Å². The summed E-state index contributed by atoms with van der Waals surface area (Å²) in [7, 11) is 0. The maximum absolute atomic E-state index is 12.2. The fourth-order valence-electron chi connectivity index (χ4n) is 2.43. The van der Waals surface area contributed by atoms with E-state index in [0.29, 0.717) is 18.2 Å². The lowest BCUT2D eigenvalue weighted by Crippen LogP contribution is -2.54. The van der Waals surface area contributed by atoms with Crippen LogP contribution < -0.4 is 11.1 Å². The SMILES string of the molecule is CCOC(=O)c1csc(CNC(=O)C2(N)CCCCC2)n1.Cl.Cl. The van der Waals surface area contributed by atoms with Gasteiger partial charge in [0.05, 0.1) is 18.7 Å². The Kier molecular flexibility index (Phi) is 9.68. The Labute approximate surface area is 152 Å². The Balaban J connectivity index is 0.00000242. The smallest absolute Gasteiger partial charge is 0.357 e. The maximum Gasteiger partial charge on any atom is 0.357 e. The Morgan fingerprint density at radius 3 is 2.61 bits per heavy atom. The van der Waals surface area contributed by atoms with Crippen LogP contribution in [-0.4, -0.2) is 29.0 Å². The first-order chi connectivity index (χ1) is 10.0. The van der Waals surface area contributed by atoms with Crippen LogP contribution in [0.4, 0.5) is 0 Å². The number of aromatic nitrogens is 1. The van der Waals surface area contributed by atoms with E-state index >= 15 is 0 Å². The molecule has 2 rings (SSSR count). The molecule has 1 fully saturated rings. The molecule has 1 amide bonds. The van der Waals surface area contributed by atoms with Crippen LogP contribution in [0.25, 0.3) is 0 Å². The van der Waals surface area contributed by atoms with Gasteiger partial charge in [0.2, 0.25) is 5.91 Å². The third-order valence-electron chi connectivity index (χ3n) is 3.63. The zero-order valence-electron chi connectivity index (χ0n) is 13.0. The number of nitrogens with one attached hydrogen (secondary N) is 1. The Bertz CT molecular complexity index is 519. The van der Waals surface area contributed by atoms with Gasteiger partial charge in [0, 0.05) is 5.38 Å². The number of esters is 1. The number of hydrogen-bond donors (Lipinski definition) is 2. The predicted molar refractivity (Wildman–Crippen MR) is 94.4 cm³/mol. The van der Waals surface area contributed by atoms with Gasteiger partial charge in [-0.25, -0.2) is 9.78 Å². The summed E-state index contributed by atoms with van der Waals surface area (Å²) in [6, 6.07) is 0. The molecule has 1 aliphatic carbocycles. The van der Waals surface area contributed by atoms with Gasteiger partial charge in [-0.3, -0.25) is 4.79 Å².